The number of amides is 2. The molecule has 4 aromatic rings. The fourth-order valence-corrected chi connectivity index (χ4v) is 3.99. The molecule has 0 fully saturated rings. The molecule has 5 rings (SSSR count). The van der Waals surface area contributed by atoms with Crippen molar-refractivity contribution >= 4 is 46.3 Å². The first-order valence-electron chi connectivity index (χ1n) is 10.5. The van der Waals surface area contributed by atoms with Gasteiger partial charge in [0.2, 0.25) is 0 Å². The third-order valence-corrected chi connectivity index (χ3v) is 5.81. The van der Waals surface area contributed by atoms with E-state index < -0.39 is 11.7 Å². The second kappa shape index (κ2) is 8.96. The van der Waals surface area contributed by atoms with E-state index in [1.54, 1.807) is 11.0 Å². The molecular weight excluding hydrogens is 455 g/mol. The van der Waals surface area contributed by atoms with Gasteiger partial charge < -0.3 is 15.5 Å². The van der Waals surface area contributed by atoms with Crippen LogP contribution >= 0.6 is 11.6 Å². The van der Waals surface area contributed by atoms with Gasteiger partial charge in [0.15, 0.2) is 0 Å². The lowest BCUT2D eigenvalue weighted by molar-refractivity contribution is 0.0984. The van der Waals surface area contributed by atoms with Gasteiger partial charge in [0.1, 0.15) is 11.6 Å². The molecule has 6 nitrogen and oxygen atoms in total. The van der Waals surface area contributed by atoms with Crippen LogP contribution in [0.25, 0.3) is 0 Å². The molecule has 2 N–H and O–H groups in total. The molecule has 0 bridgehead atoms. The lowest BCUT2D eigenvalue weighted by Crippen LogP contribution is -2.30. The van der Waals surface area contributed by atoms with E-state index in [-0.39, 0.29) is 22.3 Å². The maximum Gasteiger partial charge on any atom is 0.260 e. The van der Waals surface area contributed by atoms with Crippen molar-refractivity contribution in [3.05, 3.63) is 113 Å². The highest BCUT2D eigenvalue weighted by atomic mass is 35.5. The molecule has 168 valence electrons. The molecule has 2 heterocycles. The van der Waals surface area contributed by atoms with Crippen LogP contribution in [0.15, 0.2) is 85.1 Å². The Morgan fingerprint density at radius 2 is 1.74 bits per heavy atom. The third kappa shape index (κ3) is 4.21. The summed E-state index contributed by atoms with van der Waals surface area (Å²) in [6.07, 6.45) is 1.40. The summed E-state index contributed by atoms with van der Waals surface area (Å²) in [5, 5.41) is 6.10. The first-order valence-corrected chi connectivity index (χ1v) is 10.9. The lowest BCUT2D eigenvalue weighted by atomic mass is 10.1. The predicted octanol–water partition coefficient (Wildman–Crippen LogP) is 6.03. The molecule has 1 aliphatic rings. The number of halogens is 2. The van der Waals surface area contributed by atoms with Gasteiger partial charge in [-0.2, -0.15) is 0 Å². The summed E-state index contributed by atoms with van der Waals surface area (Å²) in [6.45, 7) is 0.385. The van der Waals surface area contributed by atoms with Gasteiger partial charge in [-0.3, -0.25) is 9.59 Å². The third-order valence-electron chi connectivity index (χ3n) is 5.48. The second-order valence-corrected chi connectivity index (χ2v) is 8.11. The fourth-order valence-electron chi connectivity index (χ4n) is 3.78. The number of aromatic nitrogens is 1. The van der Waals surface area contributed by atoms with Crippen molar-refractivity contribution in [2.75, 3.05) is 15.5 Å². The summed E-state index contributed by atoms with van der Waals surface area (Å²) < 4.78 is 13.5. The van der Waals surface area contributed by atoms with Gasteiger partial charge in [-0.1, -0.05) is 41.9 Å². The number of carbonyl (C=O) groups is 2. The quantitative estimate of drug-likeness (QED) is 0.382. The van der Waals surface area contributed by atoms with E-state index in [1.165, 1.54) is 24.4 Å². The zero-order valence-electron chi connectivity index (χ0n) is 17.8. The van der Waals surface area contributed by atoms with Crippen molar-refractivity contribution in [3.63, 3.8) is 0 Å². The van der Waals surface area contributed by atoms with Crippen LogP contribution < -0.4 is 15.5 Å². The summed E-state index contributed by atoms with van der Waals surface area (Å²) in [5.74, 6) is -1.19. The van der Waals surface area contributed by atoms with Crippen molar-refractivity contribution in [2.45, 2.75) is 6.54 Å². The van der Waals surface area contributed by atoms with Crippen LogP contribution in [0.1, 0.15) is 26.3 Å². The number of para-hydroxylation sites is 3. The molecule has 2 amide bonds. The Hall–Kier alpha value is -4.23. The standard InChI is InChI=1S/C26H18ClFN4O2/c27-20-11-10-18(28)13-19(20)25(33)31-24-12-9-16(14-29-24)26(34)32-15-17-5-1-2-6-21(17)30-22-7-3-4-8-23(22)32/h1-14,30H,15H2,(H,29,31,33). The van der Waals surface area contributed by atoms with Crippen LogP contribution in [-0.2, 0) is 6.54 Å². The van der Waals surface area contributed by atoms with E-state index >= 15 is 0 Å². The average molecular weight is 473 g/mol. The molecule has 1 aromatic heterocycles. The van der Waals surface area contributed by atoms with E-state index in [4.69, 9.17) is 11.6 Å². The number of nitrogens with zero attached hydrogens (tertiary/aromatic N) is 2. The van der Waals surface area contributed by atoms with Crippen molar-refractivity contribution in [1.29, 1.82) is 0 Å². The lowest BCUT2D eigenvalue weighted by Gasteiger charge is -2.22. The van der Waals surface area contributed by atoms with Crippen LogP contribution in [0.2, 0.25) is 5.02 Å². The summed E-state index contributed by atoms with van der Waals surface area (Å²) >= 11 is 6.00. The highest BCUT2D eigenvalue weighted by Gasteiger charge is 2.25. The molecule has 8 heteroatoms. The van der Waals surface area contributed by atoms with Crippen molar-refractivity contribution in [2.24, 2.45) is 0 Å². The Labute approximate surface area is 200 Å². The molecule has 0 atom stereocenters. The predicted molar refractivity (Wildman–Crippen MR) is 130 cm³/mol. The average Bonchev–Trinajstić information content (AvgIpc) is 3.02. The second-order valence-electron chi connectivity index (χ2n) is 7.70. The van der Waals surface area contributed by atoms with E-state index in [1.807, 2.05) is 48.5 Å². The van der Waals surface area contributed by atoms with Gasteiger partial charge in [-0.25, -0.2) is 9.37 Å². The van der Waals surface area contributed by atoms with Crippen LogP contribution in [0.4, 0.5) is 27.3 Å². The van der Waals surface area contributed by atoms with E-state index in [2.05, 4.69) is 15.6 Å². The molecule has 0 unspecified atom stereocenters. The smallest absolute Gasteiger partial charge is 0.260 e. The van der Waals surface area contributed by atoms with Crippen LogP contribution in [0, 0.1) is 5.82 Å². The Bertz CT molecular complexity index is 1410. The van der Waals surface area contributed by atoms with Crippen molar-refractivity contribution in [3.8, 4) is 0 Å². The highest BCUT2D eigenvalue weighted by Crippen LogP contribution is 2.36. The number of nitrogens with one attached hydrogen (secondary N) is 2. The largest absolute Gasteiger partial charge is 0.354 e. The van der Waals surface area contributed by atoms with Crippen LogP contribution in [0.3, 0.4) is 0 Å². The molecule has 0 spiro atoms. The van der Waals surface area contributed by atoms with Gasteiger partial charge >= 0.3 is 0 Å². The number of anilines is 4. The van der Waals surface area contributed by atoms with Crippen molar-refractivity contribution < 1.29 is 14.0 Å². The summed E-state index contributed by atoms with van der Waals surface area (Å²) in [5.41, 5.74) is 3.85. The molecular formula is C26H18ClFN4O2. The van der Waals surface area contributed by atoms with Crippen molar-refractivity contribution in [1.82, 2.24) is 4.98 Å². The normalized spacial score (nSPS) is 12.1. The monoisotopic (exact) mass is 472 g/mol. The first kappa shape index (κ1) is 21.6. The zero-order valence-corrected chi connectivity index (χ0v) is 18.5. The van der Waals surface area contributed by atoms with E-state index in [9.17, 15) is 14.0 Å². The number of rotatable bonds is 3. The summed E-state index contributed by atoms with van der Waals surface area (Å²) in [6, 6.07) is 22.1. The zero-order chi connectivity index (χ0) is 23.7. The number of pyridine rings is 1. The number of hydrogen-bond donors (Lipinski definition) is 2. The Morgan fingerprint density at radius 3 is 2.53 bits per heavy atom. The molecule has 0 saturated heterocycles. The Morgan fingerprint density at radius 1 is 0.971 bits per heavy atom. The number of benzene rings is 3. The first-order chi connectivity index (χ1) is 16.5. The minimum absolute atomic E-state index is 0.00374. The minimum atomic E-state index is -0.597. The van der Waals surface area contributed by atoms with Gasteiger partial charge in [-0.05, 0) is 54.1 Å². The van der Waals surface area contributed by atoms with Crippen LogP contribution in [-0.4, -0.2) is 16.8 Å². The minimum Gasteiger partial charge on any atom is -0.354 e. The Kier molecular flexibility index (Phi) is 5.69. The number of carbonyl (C=O) groups excluding carboxylic acids is 2. The van der Waals surface area contributed by atoms with Gasteiger partial charge in [-0.15, -0.1) is 0 Å². The highest BCUT2D eigenvalue weighted by molar-refractivity contribution is 6.34. The van der Waals surface area contributed by atoms with Gasteiger partial charge in [0, 0.05) is 11.9 Å². The van der Waals surface area contributed by atoms with Crippen LogP contribution in [0.5, 0.6) is 0 Å². The van der Waals surface area contributed by atoms with E-state index in [0.29, 0.717) is 12.1 Å². The molecule has 0 aliphatic carbocycles. The number of fused-ring (bicyclic) bond motifs is 2. The molecule has 34 heavy (non-hydrogen) atoms. The Balaban J connectivity index is 1.40. The fraction of sp³-hybridized carbons (Fsp3) is 0.0385. The number of hydrogen-bond acceptors (Lipinski definition) is 4. The molecule has 0 saturated carbocycles. The summed E-state index contributed by atoms with van der Waals surface area (Å²) in [4.78, 5) is 31.8. The van der Waals surface area contributed by atoms with Gasteiger partial charge in [0.25, 0.3) is 11.8 Å². The SMILES string of the molecule is O=C(Nc1ccc(C(=O)N2Cc3ccccc3Nc3ccccc32)cn1)c1cc(F)ccc1Cl. The maximum atomic E-state index is 13.5. The van der Waals surface area contributed by atoms with E-state index in [0.717, 1.165) is 28.7 Å². The summed E-state index contributed by atoms with van der Waals surface area (Å²) in [7, 11) is 0. The topological polar surface area (TPSA) is 74.3 Å². The van der Waals surface area contributed by atoms with Gasteiger partial charge in [0.05, 0.1) is 34.1 Å². The molecule has 0 radical (unpaired) electrons. The molecule has 1 aliphatic heterocycles. The maximum absolute atomic E-state index is 13.5. The molecule has 3 aromatic carbocycles.